The van der Waals surface area contributed by atoms with Gasteiger partial charge in [0.2, 0.25) is 0 Å². The molecule has 0 radical (unpaired) electrons. The summed E-state index contributed by atoms with van der Waals surface area (Å²) in [6.07, 6.45) is 3.95. The van der Waals surface area contributed by atoms with E-state index < -0.39 is 0 Å². The third-order valence-corrected chi connectivity index (χ3v) is 2.47. The van der Waals surface area contributed by atoms with Gasteiger partial charge in [0.15, 0.2) is 0 Å². The van der Waals surface area contributed by atoms with Crippen LogP contribution >= 0.6 is 0 Å². The molecule has 3 heteroatoms. The van der Waals surface area contributed by atoms with Gasteiger partial charge >= 0.3 is 5.97 Å². The molecule has 0 aromatic heterocycles. The van der Waals surface area contributed by atoms with Gasteiger partial charge in [-0.15, -0.1) is 0 Å². The number of esters is 1. The monoisotopic (exact) mass is 248 g/mol. The minimum absolute atomic E-state index is 0.0445. The second-order valence-electron chi connectivity index (χ2n) is 3.99. The van der Waals surface area contributed by atoms with Gasteiger partial charge in [0, 0.05) is 6.08 Å². The predicted octanol–water partition coefficient (Wildman–Crippen LogP) is 3.44. The van der Waals surface area contributed by atoms with Crippen LogP contribution < -0.4 is 4.74 Å². The Kier molecular flexibility index (Phi) is 5.98. The molecule has 0 aliphatic carbocycles. The van der Waals surface area contributed by atoms with Crippen molar-refractivity contribution >= 4 is 12.0 Å². The smallest absolute Gasteiger partial charge is 0.331 e. The van der Waals surface area contributed by atoms with Crippen LogP contribution in [-0.2, 0) is 9.53 Å². The van der Waals surface area contributed by atoms with E-state index in [2.05, 4.69) is 0 Å². The normalized spacial score (nSPS) is 12.4. The van der Waals surface area contributed by atoms with Crippen molar-refractivity contribution in [1.29, 1.82) is 0 Å². The van der Waals surface area contributed by atoms with Crippen molar-refractivity contribution in [3.05, 3.63) is 35.9 Å². The quantitative estimate of drug-likeness (QED) is 0.571. The molecule has 0 aliphatic heterocycles. The zero-order valence-corrected chi connectivity index (χ0v) is 11.2. The molecule has 1 atom stereocenters. The molecule has 0 aliphatic rings. The maximum Gasteiger partial charge on any atom is 0.331 e. The largest absolute Gasteiger partial charge is 0.494 e. The van der Waals surface area contributed by atoms with Gasteiger partial charge < -0.3 is 9.47 Å². The molecule has 0 saturated heterocycles. The first kappa shape index (κ1) is 14.3. The summed E-state index contributed by atoms with van der Waals surface area (Å²) in [5, 5.41) is 0. The lowest BCUT2D eigenvalue weighted by Gasteiger charge is -2.08. The van der Waals surface area contributed by atoms with Gasteiger partial charge in [-0.05, 0) is 44.0 Å². The Hall–Kier alpha value is -1.77. The van der Waals surface area contributed by atoms with Gasteiger partial charge in [-0.2, -0.15) is 0 Å². The summed E-state index contributed by atoms with van der Waals surface area (Å²) in [7, 11) is 0. The predicted molar refractivity (Wildman–Crippen MR) is 72.5 cm³/mol. The number of carbonyl (C=O) groups is 1. The Morgan fingerprint density at radius 3 is 2.83 bits per heavy atom. The third-order valence-electron chi connectivity index (χ3n) is 2.47. The summed E-state index contributed by atoms with van der Waals surface area (Å²) in [5.74, 6) is 0.487. The van der Waals surface area contributed by atoms with Crippen LogP contribution in [0.4, 0.5) is 0 Å². The molecular formula is C15H20O3. The van der Waals surface area contributed by atoms with Crippen molar-refractivity contribution in [2.75, 3.05) is 6.61 Å². The van der Waals surface area contributed by atoms with Gasteiger partial charge in [0.05, 0.1) is 12.7 Å². The Labute approximate surface area is 108 Å². The highest BCUT2D eigenvalue weighted by molar-refractivity contribution is 5.87. The number of hydrogen-bond acceptors (Lipinski definition) is 3. The van der Waals surface area contributed by atoms with Crippen LogP contribution in [0.2, 0.25) is 0 Å². The Morgan fingerprint density at radius 2 is 2.17 bits per heavy atom. The lowest BCUT2D eigenvalue weighted by atomic mass is 10.2. The van der Waals surface area contributed by atoms with E-state index in [0.717, 1.165) is 17.7 Å². The summed E-state index contributed by atoms with van der Waals surface area (Å²) < 4.78 is 10.5. The Morgan fingerprint density at radius 1 is 1.39 bits per heavy atom. The Bertz CT molecular complexity index is 410. The maximum atomic E-state index is 11.5. The lowest BCUT2D eigenvalue weighted by Crippen LogP contribution is -2.11. The number of rotatable bonds is 6. The van der Waals surface area contributed by atoms with E-state index in [1.807, 2.05) is 45.0 Å². The fourth-order valence-corrected chi connectivity index (χ4v) is 1.36. The first-order chi connectivity index (χ1) is 8.65. The van der Waals surface area contributed by atoms with E-state index in [0.29, 0.717) is 6.61 Å². The molecule has 0 bridgehead atoms. The number of carbonyl (C=O) groups excluding carboxylic acids is 1. The van der Waals surface area contributed by atoms with E-state index >= 15 is 0 Å². The topological polar surface area (TPSA) is 35.5 Å². The van der Waals surface area contributed by atoms with Crippen LogP contribution in [0, 0.1) is 0 Å². The highest BCUT2D eigenvalue weighted by atomic mass is 16.5. The molecule has 0 amide bonds. The third kappa shape index (κ3) is 5.04. The number of benzene rings is 1. The molecule has 1 aromatic carbocycles. The standard InChI is InChI=1S/C15H20O3/c1-4-12(3)18-15(16)10-9-13-7-6-8-14(11-13)17-5-2/h6-12H,4-5H2,1-3H3/b10-9+. The SMILES string of the molecule is CCOc1cccc(/C=C/C(=O)OC(C)CC)c1. The van der Waals surface area contributed by atoms with E-state index in [9.17, 15) is 4.79 Å². The summed E-state index contributed by atoms with van der Waals surface area (Å²) in [6, 6.07) is 7.58. The lowest BCUT2D eigenvalue weighted by molar-refractivity contribution is -0.142. The van der Waals surface area contributed by atoms with Gasteiger partial charge in [0.25, 0.3) is 0 Å². The van der Waals surface area contributed by atoms with Crippen LogP contribution in [0.15, 0.2) is 30.3 Å². The van der Waals surface area contributed by atoms with Crippen LogP contribution in [0.1, 0.15) is 32.8 Å². The molecule has 1 rings (SSSR count). The van der Waals surface area contributed by atoms with Crippen molar-refractivity contribution in [3.63, 3.8) is 0 Å². The van der Waals surface area contributed by atoms with E-state index in [4.69, 9.17) is 9.47 Å². The highest BCUT2D eigenvalue weighted by Gasteiger charge is 2.03. The molecule has 3 nitrogen and oxygen atoms in total. The van der Waals surface area contributed by atoms with Crippen molar-refractivity contribution in [2.45, 2.75) is 33.3 Å². The summed E-state index contributed by atoms with van der Waals surface area (Å²) in [4.78, 5) is 11.5. The van der Waals surface area contributed by atoms with Crippen molar-refractivity contribution in [1.82, 2.24) is 0 Å². The zero-order chi connectivity index (χ0) is 13.4. The van der Waals surface area contributed by atoms with Gasteiger partial charge in [-0.1, -0.05) is 19.1 Å². The summed E-state index contributed by atoms with van der Waals surface area (Å²) in [6.45, 7) is 6.42. The minimum Gasteiger partial charge on any atom is -0.494 e. The molecule has 0 N–H and O–H groups in total. The average Bonchev–Trinajstić information content (AvgIpc) is 2.37. The molecule has 1 aromatic rings. The minimum atomic E-state index is -0.314. The fourth-order valence-electron chi connectivity index (χ4n) is 1.36. The molecule has 18 heavy (non-hydrogen) atoms. The zero-order valence-electron chi connectivity index (χ0n) is 11.2. The molecule has 0 saturated carbocycles. The maximum absolute atomic E-state index is 11.5. The van der Waals surface area contributed by atoms with Crippen LogP contribution in [0.3, 0.4) is 0 Å². The van der Waals surface area contributed by atoms with E-state index in [1.165, 1.54) is 6.08 Å². The molecular weight excluding hydrogens is 228 g/mol. The Balaban J connectivity index is 2.60. The second kappa shape index (κ2) is 7.54. The number of hydrogen-bond donors (Lipinski definition) is 0. The van der Waals surface area contributed by atoms with E-state index in [-0.39, 0.29) is 12.1 Å². The van der Waals surface area contributed by atoms with Crippen LogP contribution in [0.25, 0.3) is 6.08 Å². The van der Waals surface area contributed by atoms with Crippen molar-refractivity contribution in [2.24, 2.45) is 0 Å². The molecule has 98 valence electrons. The number of ether oxygens (including phenoxy) is 2. The van der Waals surface area contributed by atoms with Gasteiger partial charge in [0.1, 0.15) is 5.75 Å². The second-order valence-corrected chi connectivity index (χ2v) is 3.99. The van der Waals surface area contributed by atoms with Gasteiger partial charge in [-0.3, -0.25) is 0 Å². The van der Waals surface area contributed by atoms with Gasteiger partial charge in [-0.25, -0.2) is 4.79 Å². The fraction of sp³-hybridized carbons (Fsp3) is 0.400. The highest BCUT2D eigenvalue weighted by Crippen LogP contribution is 2.14. The molecule has 0 spiro atoms. The molecule has 0 fully saturated rings. The van der Waals surface area contributed by atoms with Crippen molar-refractivity contribution < 1.29 is 14.3 Å². The summed E-state index contributed by atoms with van der Waals surface area (Å²) in [5.41, 5.74) is 0.919. The summed E-state index contributed by atoms with van der Waals surface area (Å²) >= 11 is 0. The first-order valence-corrected chi connectivity index (χ1v) is 6.27. The first-order valence-electron chi connectivity index (χ1n) is 6.27. The van der Waals surface area contributed by atoms with Crippen LogP contribution in [0.5, 0.6) is 5.75 Å². The molecule has 0 heterocycles. The van der Waals surface area contributed by atoms with Crippen molar-refractivity contribution in [3.8, 4) is 5.75 Å². The van der Waals surface area contributed by atoms with E-state index in [1.54, 1.807) is 6.08 Å². The average molecular weight is 248 g/mol. The molecule has 1 unspecified atom stereocenters. The van der Waals surface area contributed by atoms with Crippen LogP contribution in [-0.4, -0.2) is 18.7 Å².